The minimum Gasteiger partial charge on any atom is -0.465 e. The molecule has 3 aromatic heterocycles. The molecular formula is C18H18F2N6O3. The van der Waals surface area contributed by atoms with Gasteiger partial charge in [-0.3, -0.25) is 0 Å². The molecule has 4 rings (SSSR count). The van der Waals surface area contributed by atoms with Gasteiger partial charge in [0.25, 0.3) is 0 Å². The number of alkyl halides is 2. The van der Waals surface area contributed by atoms with Gasteiger partial charge in [0, 0.05) is 26.3 Å². The Morgan fingerprint density at radius 3 is 2.93 bits per heavy atom. The third-order valence-electron chi connectivity index (χ3n) is 4.93. The van der Waals surface area contributed by atoms with Crippen molar-refractivity contribution >= 4 is 17.6 Å². The molecule has 1 saturated heterocycles. The summed E-state index contributed by atoms with van der Waals surface area (Å²) in [4.78, 5) is 22.6. The maximum absolute atomic E-state index is 12.7. The number of hydrogen-bond acceptors (Lipinski definition) is 6. The number of carbonyl (C=O) groups is 1. The third kappa shape index (κ3) is 3.62. The summed E-state index contributed by atoms with van der Waals surface area (Å²) in [7, 11) is 1.55. The van der Waals surface area contributed by atoms with Crippen molar-refractivity contribution in [3.05, 3.63) is 36.7 Å². The van der Waals surface area contributed by atoms with E-state index in [-0.39, 0.29) is 11.9 Å². The highest BCUT2D eigenvalue weighted by Crippen LogP contribution is 2.30. The highest BCUT2D eigenvalue weighted by molar-refractivity contribution is 5.68. The summed E-state index contributed by atoms with van der Waals surface area (Å²) in [5.41, 5.74) is 1.34. The zero-order chi connectivity index (χ0) is 20.5. The average Bonchev–Trinajstić information content (AvgIpc) is 3.34. The molecule has 3 aromatic rings. The smallest absolute Gasteiger partial charge is 0.407 e. The van der Waals surface area contributed by atoms with Gasteiger partial charge in [-0.25, -0.2) is 19.3 Å². The molecule has 1 aliphatic heterocycles. The van der Waals surface area contributed by atoms with Crippen LogP contribution in [0.1, 0.15) is 6.42 Å². The van der Waals surface area contributed by atoms with Gasteiger partial charge in [-0.15, -0.1) is 5.10 Å². The van der Waals surface area contributed by atoms with Crippen molar-refractivity contribution in [3.63, 3.8) is 0 Å². The summed E-state index contributed by atoms with van der Waals surface area (Å²) >= 11 is 0. The molecular weight excluding hydrogens is 386 g/mol. The molecule has 29 heavy (non-hydrogen) atoms. The van der Waals surface area contributed by atoms with E-state index in [4.69, 9.17) is 0 Å². The van der Waals surface area contributed by atoms with E-state index in [0.29, 0.717) is 42.2 Å². The van der Waals surface area contributed by atoms with Crippen LogP contribution in [0.4, 0.5) is 19.4 Å². The Hall–Kier alpha value is -3.50. The molecule has 1 atom stereocenters. The van der Waals surface area contributed by atoms with Gasteiger partial charge in [0.15, 0.2) is 5.65 Å². The number of likely N-dealkylation sites (N-methyl/N-ethyl adjacent to an activating group) is 1. The quantitative estimate of drug-likeness (QED) is 0.698. The number of halogens is 2. The predicted octanol–water partition coefficient (Wildman–Crippen LogP) is 2.58. The van der Waals surface area contributed by atoms with Gasteiger partial charge >= 0.3 is 12.7 Å². The van der Waals surface area contributed by atoms with Crippen molar-refractivity contribution in [2.24, 2.45) is 0 Å². The molecule has 0 bridgehead atoms. The fourth-order valence-electron chi connectivity index (χ4n) is 3.40. The molecule has 0 radical (unpaired) electrons. The van der Waals surface area contributed by atoms with E-state index in [1.807, 2.05) is 4.90 Å². The Kier molecular flexibility index (Phi) is 4.87. The molecule has 1 fully saturated rings. The van der Waals surface area contributed by atoms with E-state index in [2.05, 4.69) is 19.8 Å². The SMILES string of the molecule is CN(C(=O)O)C1CCN(c2ccc3ncc(-c4cccnc4OC(F)F)n3n2)C1. The Bertz CT molecular complexity index is 1040. The predicted molar refractivity (Wildman–Crippen MR) is 99.3 cm³/mol. The molecule has 11 heteroatoms. The van der Waals surface area contributed by atoms with Crippen LogP contribution in [0.15, 0.2) is 36.7 Å². The van der Waals surface area contributed by atoms with Crippen LogP contribution in [-0.2, 0) is 0 Å². The molecule has 1 aliphatic rings. The van der Waals surface area contributed by atoms with Crippen molar-refractivity contribution in [2.45, 2.75) is 19.1 Å². The number of nitrogens with zero attached hydrogens (tertiary/aromatic N) is 6. The van der Waals surface area contributed by atoms with E-state index >= 15 is 0 Å². The number of pyridine rings is 1. The van der Waals surface area contributed by atoms with Crippen molar-refractivity contribution in [1.82, 2.24) is 24.5 Å². The lowest BCUT2D eigenvalue weighted by molar-refractivity contribution is -0.0524. The molecule has 1 unspecified atom stereocenters. The normalized spacial score (nSPS) is 16.6. The van der Waals surface area contributed by atoms with Crippen LogP contribution in [0.5, 0.6) is 5.88 Å². The molecule has 0 aliphatic carbocycles. The maximum atomic E-state index is 12.7. The topological polar surface area (TPSA) is 96.1 Å². The summed E-state index contributed by atoms with van der Waals surface area (Å²) < 4.78 is 31.5. The van der Waals surface area contributed by atoms with Gasteiger partial charge in [-0.2, -0.15) is 8.78 Å². The summed E-state index contributed by atoms with van der Waals surface area (Å²) in [5, 5.41) is 13.8. The van der Waals surface area contributed by atoms with Gasteiger partial charge in [0.05, 0.1) is 23.5 Å². The molecule has 152 valence electrons. The van der Waals surface area contributed by atoms with Crippen LogP contribution < -0.4 is 9.64 Å². The second-order valence-corrected chi connectivity index (χ2v) is 6.62. The Balaban J connectivity index is 1.67. The monoisotopic (exact) mass is 404 g/mol. The average molecular weight is 404 g/mol. The van der Waals surface area contributed by atoms with Gasteiger partial charge in [-0.1, -0.05) is 0 Å². The summed E-state index contributed by atoms with van der Waals surface area (Å²) in [5.74, 6) is 0.430. The lowest BCUT2D eigenvalue weighted by Crippen LogP contribution is -2.38. The highest BCUT2D eigenvalue weighted by atomic mass is 19.3. The van der Waals surface area contributed by atoms with Crippen LogP contribution in [0, 0.1) is 0 Å². The minimum absolute atomic E-state index is 0.128. The van der Waals surface area contributed by atoms with Crippen LogP contribution in [0.2, 0.25) is 0 Å². The van der Waals surface area contributed by atoms with Crippen LogP contribution in [0.25, 0.3) is 16.9 Å². The van der Waals surface area contributed by atoms with Gasteiger partial charge in [0.2, 0.25) is 5.88 Å². The third-order valence-corrected chi connectivity index (χ3v) is 4.93. The molecule has 9 nitrogen and oxygen atoms in total. The summed E-state index contributed by atoms with van der Waals surface area (Å²) in [6.45, 7) is -1.84. The Morgan fingerprint density at radius 1 is 1.34 bits per heavy atom. The summed E-state index contributed by atoms with van der Waals surface area (Å²) in [6, 6.07) is 6.66. The van der Waals surface area contributed by atoms with Crippen molar-refractivity contribution in [2.75, 3.05) is 25.0 Å². The zero-order valence-electron chi connectivity index (χ0n) is 15.4. The number of carboxylic acid groups (broad SMARTS) is 1. The van der Waals surface area contributed by atoms with Gasteiger partial charge < -0.3 is 19.6 Å². The lowest BCUT2D eigenvalue weighted by Gasteiger charge is -2.22. The van der Waals surface area contributed by atoms with Gasteiger partial charge in [-0.05, 0) is 30.7 Å². The molecule has 4 heterocycles. The van der Waals surface area contributed by atoms with Crippen molar-refractivity contribution in [1.29, 1.82) is 0 Å². The first-order valence-corrected chi connectivity index (χ1v) is 8.89. The number of amides is 1. The van der Waals surface area contributed by atoms with E-state index in [0.717, 1.165) is 0 Å². The zero-order valence-corrected chi connectivity index (χ0v) is 15.4. The van der Waals surface area contributed by atoms with E-state index in [1.54, 1.807) is 35.8 Å². The maximum Gasteiger partial charge on any atom is 0.407 e. The van der Waals surface area contributed by atoms with Gasteiger partial charge in [0.1, 0.15) is 5.82 Å². The number of aromatic nitrogens is 4. The van der Waals surface area contributed by atoms with E-state index in [1.165, 1.54) is 17.3 Å². The molecule has 0 saturated carbocycles. The first kappa shape index (κ1) is 18.8. The second-order valence-electron chi connectivity index (χ2n) is 6.62. The number of hydrogen-bond donors (Lipinski definition) is 1. The van der Waals surface area contributed by atoms with Crippen LogP contribution in [0.3, 0.4) is 0 Å². The fourth-order valence-corrected chi connectivity index (χ4v) is 3.40. The summed E-state index contributed by atoms with van der Waals surface area (Å²) in [6.07, 6.45) is 2.60. The standard InChI is InChI=1S/C18H18F2N6O3/c1-24(18(27)28)11-6-8-25(10-11)15-5-4-14-22-9-13(26(14)23-15)12-3-2-7-21-16(12)29-17(19)20/h2-5,7,9,11,17H,6,8,10H2,1H3,(H,27,28). The lowest BCUT2D eigenvalue weighted by atomic mass is 10.2. The van der Waals surface area contributed by atoms with E-state index < -0.39 is 12.7 Å². The van der Waals surface area contributed by atoms with Crippen molar-refractivity contribution < 1.29 is 23.4 Å². The first-order chi connectivity index (χ1) is 13.9. The van der Waals surface area contributed by atoms with E-state index in [9.17, 15) is 18.7 Å². The van der Waals surface area contributed by atoms with Crippen LogP contribution >= 0.6 is 0 Å². The fraction of sp³-hybridized carbons (Fsp3) is 0.333. The first-order valence-electron chi connectivity index (χ1n) is 8.89. The number of ether oxygens (including phenoxy) is 1. The largest absolute Gasteiger partial charge is 0.465 e. The molecule has 0 aromatic carbocycles. The molecule has 0 spiro atoms. The number of imidazole rings is 1. The number of rotatable bonds is 5. The van der Waals surface area contributed by atoms with Crippen molar-refractivity contribution in [3.8, 4) is 17.1 Å². The highest BCUT2D eigenvalue weighted by Gasteiger charge is 2.29. The Morgan fingerprint density at radius 2 is 2.17 bits per heavy atom. The molecule has 1 amide bonds. The number of anilines is 1. The second kappa shape index (κ2) is 7.49. The Labute approximate surface area is 164 Å². The van der Waals surface area contributed by atoms with Crippen LogP contribution in [-0.4, -0.2) is 68.5 Å². The minimum atomic E-state index is -3.00. The molecule has 1 N–H and O–H groups in total. The number of fused-ring (bicyclic) bond motifs is 1.